The van der Waals surface area contributed by atoms with Gasteiger partial charge in [-0.2, -0.15) is 0 Å². The molecule has 46 heavy (non-hydrogen) atoms. The molecule has 2 amide bonds. The zero-order chi connectivity index (χ0) is 32.0. The zero-order valence-corrected chi connectivity index (χ0v) is 26.2. The van der Waals surface area contributed by atoms with Crippen molar-refractivity contribution in [1.82, 2.24) is 35.3 Å². The van der Waals surface area contributed by atoms with Crippen molar-refractivity contribution in [3.8, 4) is 0 Å². The Labute approximate surface area is 266 Å². The number of fused-ring (bicyclic) bond motifs is 4. The molecular formula is C34H33N7O4S. The van der Waals surface area contributed by atoms with Gasteiger partial charge in [0.2, 0.25) is 10.0 Å². The van der Waals surface area contributed by atoms with E-state index in [1.807, 2.05) is 19.9 Å². The normalized spacial score (nSPS) is 17.7. The van der Waals surface area contributed by atoms with Crippen molar-refractivity contribution in [3.05, 3.63) is 101 Å². The summed E-state index contributed by atoms with van der Waals surface area (Å²) in [4.78, 5) is 44.6. The van der Waals surface area contributed by atoms with E-state index in [1.165, 1.54) is 6.20 Å². The Morgan fingerprint density at radius 3 is 2.35 bits per heavy atom. The molecule has 11 nitrogen and oxygen atoms in total. The summed E-state index contributed by atoms with van der Waals surface area (Å²) in [6.45, 7) is 4.16. The van der Waals surface area contributed by atoms with E-state index in [1.54, 1.807) is 61.2 Å². The van der Waals surface area contributed by atoms with Crippen molar-refractivity contribution in [2.24, 2.45) is 5.92 Å². The second-order valence-corrected chi connectivity index (χ2v) is 14.1. The summed E-state index contributed by atoms with van der Waals surface area (Å²) in [5.41, 5.74) is 4.25. The Kier molecular flexibility index (Phi) is 7.69. The maximum absolute atomic E-state index is 13.8. The molecule has 2 unspecified atom stereocenters. The molecule has 12 heteroatoms. The summed E-state index contributed by atoms with van der Waals surface area (Å²) < 4.78 is 30.4. The van der Waals surface area contributed by atoms with Gasteiger partial charge in [-0.05, 0) is 78.8 Å². The van der Waals surface area contributed by atoms with Crippen molar-refractivity contribution in [2.45, 2.75) is 56.0 Å². The average molecular weight is 636 g/mol. The number of pyridine rings is 2. The number of sulfonamides is 1. The molecule has 1 fully saturated rings. The van der Waals surface area contributed by atoms with Gasteiger partial charge in [0.15, 0.2) is 0 Å². The first-order chi connectivity index (χ1) is 22.2. The predicted molar refractivity (Wildman–Crippen MR) is 173 cm³/mol. The number of nitrogens with zero attached hydrogens (tertiary/aromatic N) is 4. The summed E-state index contributed by atoms with van der Waals surface area (Å²) in [5.74, 6) is -0.274. The number of hydrogen-bond acceptors (Lipinski definition) is 8. The average Bonchev–Trinajstić information content (AvgIpc) is 3.86. The van der Waals surface area contributed by atoms with Crippen LogP contribution < -0.4 is 15.4 Å². The van der Waals surface area contributed by atoms with Crippen LogP contribution in [-0.2, 0) is 10.0 Å². The van der Waals surface area contributed by atoms with Crippen LogP contribution in [0, 0.1) is 5.92 Å². The van der Waals surface area contributed by atoms with Crippen LogP contribution in [0.15, 0.2) is 78.3 Å². The molecular weight excluding hydrogens is 602 g/mol. The van der Waals surface area contributed by atoms with Crippen LogP contribution >= 0.6 is 0 Å². The molecule has 0 spiro atoms. The third-order valence-electron chi connectivity index (χ3n) is 8.51. The van der Waals surface area contributed by atoms with Gasteiger partial charge < -0.3 is 10.6 Å². The van der Waals surface area contributed by atoms with Crippen molar-refractivity contribution in [3.63, 3.8) is 0 Å². The second-order valence-electron chi connectivity index (χ2n) is 12.3. The van der Waals surface area contributed by atoms with Crippen molar-refractivity contribution >= 4 is 43.6 Å². The van der Waals surface area contributed by atoms with Crippen molar-refractivity contribution < 1.29 is 18.0 Å². The Morgan fingerprint density at radius 2 is 1.61 bits per heavy atom. The summed E-state index contributed by atoms with van der Waals surface area (Å²) in [5, 5.41) is 7.40. The molecule has 2 aliphatic rings. The minimum atomic E-state index is -3.93. The van der Waals surface area contributed by atoms with Gasteiger partial charge in [-0.15, -0.1) is 0 Å². The summed E-state index contributed by atoms with van der Waals surface area (Å²) >= 11 is 0. The maximum Gasteiger partial charge on any atom is 0.253 e. The molecule has 5 aromatic rings. The van der Waals surface area contributed by atoms with Crippen molar-refractivity contribution in [1.29, 1.82) is 0 Å². The van der Waals surface area contributed by atoms with Gasteiger partial charge in [0.25, 0.3) is 11.8 Å². The highest BCUT2D eigenvalue weighted by Crippen LogP contribution is 2.47. The molecule has 2 aromatic carbocycles. The summed E-state index contributed by atoms with van der Waals surface area (Å²) in [6, 6.07) is 10.9. The number of hydrogen-bond donors (Lipinski definition) is 3. The minimum absolute atomic E-state index is 0.103. The number of rotatable bonds is 9. The fraction of sp³-hybridized carbons (Fsp3) is 0.294. The van der Waals surface area contributed by atoms with Gasteiger partial charge in [-0.1, -0.05) is 13.8 Å². The Morgan fingerprint density at radius 1 is 0.848 bits per heavy atom. The first-order valence-electron chi connectivity index (χ1n) is 15.4. The van der Waals surface area contributed by atoms with E-state index in [2.05, 4.69) is 30.3 Å². The van der Waals surface area contributed by atoms with Gasteiger partial charge in [-0.3, -0.25) is 29.5 Å². The van der Waals surface area contributed by atoms with E-state index in [0.717, 1.165) is 24.1 Å². The number of carbonyl (C=O) groups excluding carboxylic acids is 2. The standard InChI is InChI=1S/C34H33N7O4S/c1-19(2)16-39-46(44,45)31-14-24-28(40-34(43)22-4-3-9-35-17-22)15-30(32(24)25-18-38-27(13-23(25)31)20-5-6-20)41-33(42)21-7-8-26-29(12-21)37-11-10-36-26/h3-4,7-14,17-20,28,30,39H,5-6,15-16H2,1-2H3,(H,40,43)(H,41,42). The molecule has 1 saturated carbocycles. The van der Waals surface area contributed by atoms with Crippen LogP contribution in [-0.4, -0.2) is 46.7 Å². The quantitative estimate of drug-likeness (QED) is 0.210. The number of aromatic nitrogens is 4. The largest absolute Gasteiger partial charge is 0.345 e. The fourth-order valence-electron chi connectivity index (χ4n) is 6.03. The van der Waals surface area contributed by atoms with E-state index in [9.17, 15) is 18.0 Å². The third kappa shape index (κ3) is 5.81. The van der Waals surface area contributed by atoms with E-state index in [-0.39, 0.29) is 29.2 Å². The van der Waals surface area contributed by atoms with Gasteiger partial charge in [0.1, 0.15) is 0 Å². The van der Waals surface area contributed by atoms with Crippen LogP contribution in [0.5, 0.6) is 0 Å². The molecule has 0 radical (unpaired) electrons. The Bertz CT molecular complexity index is 2100. The van der Waals surface area contributed by atoms with E-state index >= 15 is 0 Å². The van der Waals surface area contributed by atoms with E-state index in [4.69, 9.17) is 4.98 Å². The van der Waals surface area contributed by atoms with Crippen LogP contribution in [0.25, 0.3) is 21.8 Å². The zero-order valence-electron chi connectivity index (χ0n) is 25.4. The smallest absolute Gasteiger partial charge is 0.253 e. The van der Waals surface area contributed by atoms with Crippen LogP contribution in [0.1, 0.15) is 88.6 Å². The van der Waals surface area contributed by atoms with Crippen LogP contribution in [0.2, 0.25) is 0 Å². The highest BCUT2D eigenvalue weighted by Gasteiger charge is 2.38. The van der Waals surface area contributed by atoms with Crippen molar-refractivity contribution in [2.75, 3.05) is 6.54 Å². The molecule has 2 atom stereocenters. The third-order valence-corrected chi connectivity index (χ3v) is 9.97. The lowest BCUT2D eigenvalue weighted by Crippen LogP contribution is -2.30. The Hall–Kier alpha value is -4.81. The number of nitrogens with one attached hydrogen (secondary N) is 3. The Balaban J connectivity index is 1.34. The molecule has 7 rings (SSSR count). The van der Waals surface area contributed by atoms with Crippen LogP contribution in [0.3, 0.4) is 0 Å². The van der Waals surface area contributed by atoms with Crippen LogP contribution in [0.4, 0.5) is 0 Å². The molecule has 3 N–H and O–H groups in total. The molecule has 0 saturated heterocycles. The first kappa shape index (κ1) is 29.9. The van der Waals surface area contributed by atoms with Gasteiger partial charge in [0, 0.05) is 65.5 Å². The molecule has 234 valence electrons. The molecule has 0 aliphatic heterocycles. The molecule has 3 heterocycles. The SMILES string of the molecule is CC(C)CNS(=O)(=O)c1cc2c(c3cnc(C4CC4)cc13)C(NC(=O)c1ccc3nccnc3c1)CC2NC(=O)c1cccnc1. The molecule has 2 aliphatic carbocycles. The monoisotopic (exact) mass is 635 g/mol. The highest BCUT2D eigenvalue weighted by molar-refractivity contribution is 7.89. The predicted octanol–water partition coefficient (Wildman–Crippen LogP) is 4.73. The number of benzene rings is 2. The lowest BCUT2D eigenvalue weighted by molar-refractivity contribution is 0.0928. The maximum atomic E-state index is 13.8. The molecule has 0 bridgehead atoms. The van der Waals surface area contributed by atoms with Gasteiger partial charge in [-0.25, -0.2) is 13.1 Å². The minimum Gasteiger partial charge on any atom is -0.345 e. The number of amides is 2. The molecule has 3 aromatic heterocycles. The lowest BCUT2D eigenvalue weighted by atomic mass is 9.98. The number of carbonyl (C=O) groups is 2. The lowest BCUT2D eigenvalue weighted by Gasteiger charge is -2.19. The van der Waals surface area contributed by atoms with Gasteiger partial charge in [0.05, 0.1) is 33.6 Å². The fourth-order valence-corrected chi connectivity index (χ4v) is 7.48. The topological polar surface area (TPSA) is 156 Å². The van der Waals surface area contributed by atoms with E-state index < -0.39 is 22.1 Å². The summed E-state index contributed by atoms with van der Waals surface area (Å²) in [7, 11) is -3.93. The highest BCUT2D eigenvalue weighted by atomic mass is 32.2. The summed E-state index contributed by atoms with van der Waals surface area (Å²) in [6.07, 6.45) is 10.3. The van der Waals surface area contributed by atoms with E-state index in [0.29, 0.717) is 50.8 Å². The second kappa shape index (κ2) is 11.8. The van der Waals surface area contributed by atoms with Gasteiger partial charge >= 0.3 is 0 Å². The first-order valence-corrected chi connectivity index (χ1v) is 16.8.